The number of ketones is 1. The molecule has 0 aliphatic carbocycles. The molecule has 0 aliphatic heterocycles. The lowest BCUT2D eigenvalue weighted by molar-refractivity contribution is -0.116. The van der Waals surface area contributed by atoms with Crippen molar-refractivity contribution in [3.63, 3.8) is 0 Å². The molecular formula is C9H10NO2. The molecule has 1 rings (SSSR count). The van der Waals surface area contributed by atoms with Crippen LogP contribution in [0.2, 0.25) is 0 Å². The van der Waals surface area contributed by atoms with E-state index in [-0.39, 0.29) is 12.3 Å². The van der Waals surface area contributed by atoms with Gasteiger partial charge in [-0.15, -0.1) is 0 Å². The molecule has 0 atom stereocenters. The first-order chi connectivity index (χ1) is 5.83. The largest absolute Gasteiger partial charge is 0.478 e. The summed E-state index contributed by atoms with van der Waals surface area (Å²) in [5.41, 5.74) is 5.08. The molecular weight excluding hydrogens is 154 g/mol. The molecule has 0 amide bonds. The van der Waals surface area contributed by atoms with E-state index in [1.54, 1.807) is 12.1 Å². The van der Waals surface area contributed by atoms with Gasteiger partial charge in [0.2, 0.25) is 6.61 Å². The zero-order chi connectivity index (χ0) is 8.81. The lowest BCUT2D eigenvalue weighted by Gasteiger charge is -2.01. The summed E-state index contributed by atoms with van der Waals surface area (Å²) < 4.78 is 5.00. The third-order valence-electron chi connectivity index (χ3n) is 1.27. The van der Waals surface area contributed by atoms with Gasteiger partial charge in [-0.2, -0.15) is 0 Å². The third-order valence-corrected chi connectivity index (χ3v) is 1.27. The first-order valence-electron chi connectivity index (χ1n) is 3.61. The standard InChI is InChI=1S/C9H10NO2/c10-6-8(11)7-12-9-4-2-1-3-5-9/h1-5,7H,6,10H2. The van der Waals surface area contributed by atoms with Crippen molar-refractivity contribution in [3.8, 4) is 5.75 Å². The maximum atomic E-state index is 10.7. The maximum Gasteiger partial charge on any atom is 0.202 e. The van der Waals surface area contributed by atoms with Crippen molar-refractivity contribution in [3.05, 3.63) is 36.9 Å². The first-order valence-corrected chi connectivity index (χ1v) is 3.61. The van der Waals surface area contributed by atoms with E-state index in [1.807, 2.05) is 18.2 Å². The van der Waals surface area contributed by atoms with Gasteiger partial charge in [0.15, 0.2) is 5.78 Å². The van der Waals surface area contributed by atoms with Crippen LogP contribution in [-0.4, -0.2) is 12.3 Å². The SMILES string of the molecule is NCC(=O)[CH]Oc1ccccc1. The maximum absolute atomic E-state index is 10.7. The Morgan fingerprint density at radius 2 is 2.08 bits per heavy atom. The Labute approximate surface area is 71.1 Å². The molecule has 2 N–H and O–H groups in total. The van der Waals surface area contributed by atoms with Crippen LogP contribution >= 0.6 is 0 Å². The second-order valence-electron chi connectivity index (χ2n) is 2.22. The smallest absolute Gasteiger partial charge is 0.202 e. The number of carbonyl (C=O) groups excluding carboxylic acids is 1. The van der Waals surface area contributed by atoms with Crippen LogP contribution in [0.5, 0.6) is 5.75 Å². The van der Waals surface area contributed by atoms with E-state index in [2.05, 4.69) is 0 Å². The summed E-state index contributed by atoms with van der Waals surface area (Å²) >= 11 is 0. The number of hydrogen-bond acceptors (Lipinski definition) is 3. The van der Waals surface area contributed by atoms with Crippen molar-refractivity contribution < 1.29 is 9.53 Å². The van der Waals surface area contributed by atoms with Crippen LogP contribution in [0.1, 0.15) is 0 Å². The topological polar surface area (TPSA) is 52.3 Å². The highest BCUT2D eigenvalue weighted by molar-refractivity contribution is 5.87. The van der Waals surface area contributed by atoms with Crippen molar-refractivity contribution in [2.75, 3.05) is 6.54 Å². The van der Waals surface area contributed by atoms with Crippen LogP contribution in [0.15, 0.2) is 30.3 Å². The fraction of sp³-hybridized carbons (Fsp3) is 0.111. The number of nitrogens with two attached hydrogens (primary N) is 1. The average molecular weight is 164 g/mol. The summed E-state index contributed by atoms with van der Waals surface area (Å²) in [6.45, 7) is 1.10. The minimum absolute atomic E-state index is 0.0210. The molecule has 0 heterocycles. The molecule has 0 spiro atoms. The average Bonchev–Trinajstić information content (AvgIpc) is 2.16. The molecule has 63 valence electrons. The van der Waals surface area contributed by atoms with Crippen molar-refractivity contribution >= 4 is 5.78 Å². The fourth-order valence-corrected chi connectivity index (χ4v) is 0.681. The van der Waals surface area contributed by atoms with Gasteiger partial charge in [-0.05, 0) is 12.1 Å². The van der Waals surface area contributed by atoms with E-state index in [4.69, 9.17) is 10.5 Å². The van der Waals surface area contributed by atoms with Crippen molar-refractivity contribution in [1.29, 1.82) is 0 Å². The predicted molar refractivity (Wildman–Crippen MR) is 45.4 cm³/mol. The molecule has 1 aromatic rings. The third kappa shape index (κ3) is 2.72. The van der Waals surface area contributed by atoms with Gasteiger partial charge in [-0.1, -0.05) is 18.2 Å². The lowest BCUT2D eigenvalue weighted by Crippen LogP contribution is -2.16. The lowest BCUT2D eigenvalue weighted by atomic mass is 10.3. The van der Waals surface area contributed by atoms with E-state index >= 15 is 0 Å². The van der Waals surface area contributed by atoms with Crippen molar-refractivity contribution in [2.45, 2.75) is 0 Å². The van der Waals surface area contributed by atoms with Crippen molar-refractivity contribution in [1.82, 2.24) is 0 Å². The number of Topliss-reactive ketones (excluding diaryl/α,β-unsaturated/α-hetero) is 1. The number of benzene rings is 1. The Morgan fingerprint density at radius 3 is 2.67 bits per heavy atom. The van der Waals surface area contributed by atoms with E-state index in [0.29, 0.717) is 5.75 Å². The van der Waals surface area contributed by atoms with E-state index in [1.165, 1.54) is 0 Å². The summed E-state index contributed by atoms with van der Waals surface area (Å²) in [6.07, 6.45) is 0. The molecule has 0 unspecified atom stereocenters. The van der Waals surface area contributed by atoms with Gasteiger partial charge in [0.1, 0.15) is 5.75 Å². The van der Waals surface area contributed by atoms with Crippen LogP contribution in [0.4, 0.5) is 0 Å². The molecule has 0 bridgehead atoms. The zero-order valence-corrected chi connectivity index (χ0v) is 6.57. The van der Waals surface area contributed by atoms with Crippen LogP contribution in [-0.2, 0) is 4.79 Å². The van der Waals surface area contributed by atoms with Crippen LogP contribution in [0, 0.1) is 6.61 Å². The van der Waals surface area contributed by atoms with Gasteiger partial charge in [0.05, 0.1) is 6.54 Å². The number of hydrogen-bond donors (Lipinski definition) is 1. The number of carbonyl (C=O) groups is 1. The van der Waals surface area contributed by atoms with Crippen LogP contribution in [0.25, 0.3) is 0 Å². The molecule has 0 fully saturated rings. The predicted octanol–water partition coefficient (Wildman–Crippen LogP) is 0.755. The summed E-state index contributed by atoms with van der Waals surface area (Å²) in [7, 11) is 0. The summed E-state index contributed by atoms with van der Waals surface area (Å²) in [5, 5.41) is 0. The number of rotatable bonds is 4. The quantitative estimate of drug-likeness (QED) is 0.714. The zero-order valence-electron chi connectivity index (χ0n) is 6.57. The minimum atomic E-state index is -0.223. The normalized spacial score (nSPS) is 9.42. The molecule has 0 saturated carbocycles. The monoisotopic (exact) mass is 164 g/mol. The second-order valence-corrected chi connectivity index (χ2v) is 2.22. The molecule has 1 aromatic carbocycles. The highest BCUT2D eigenvalue weighted by Crippen LogP contribution is 2.08. The second kappa shape index (κ2) is 4.51. The fourth-order valence-electron chi connectivity index (χ4n) is 0.681. The van der Waals surface area contributed by atoms with E-state index in [9.17, 15) is 4.79 Å². The molecule has 3 nitrogen and oxygen atoms in total. The van der Waals surface area contributed by atoms with Crippen molar-refractivity contribution in [2.24, 2.45) is 5.73 Å². The highest BCUT2D eigenvalue weighted by Gasteiger charge is 1.99. The Bertz CT molecular complexity index is 246. The molecule has 1 radical (unpaired) electrons. The van der Waals surface area contributed by atoms with Gasteiger partial charge >= 0.3 is 0 Å². The van der Waals surface area contributed by atoms with Gasteiger partial charge < -0.3 is 10.5 Å². The van der Waals surface area contributed by atoms with Gasteiger partial charge in [-0.3, -0.25) is 4.79 Å². The molecule has 0 saturated heterocycles. The summed E-state index contributed by atoms with van der Waals surface area (Å²) in [6, 6.07) is 9.06. The number of ether oxygens (including phenoxy) is 1. The Kier molecular flexibility index (Phi) is 3.29. The van der Waals surface area contributed by atoms with Crippen LogP contribution in [0.3, 0.4) is 0 Å². The highest BCUT2D eigenvalue weighted by atomic mass is 16.5. The Hall–Kier alpha value is -1.35. The van der Waals surface area contributed by atoms with E-state index in [0.717, 1.165) is 6.61 Å². The first kappa shape index (κ1) is 8.74. The van der Waals surface area contributed by atoms with Gasteiger partial charge in [0.25, 0.3) is 0 Å². The van der Waals surface area contributed by atoms with Crippen LogP contribution < -0.4 is 10.5 Å². The molecule has 0 aliphatic rings. The van der Waals surface area contributed by atoms with Gasteiger partial charge in [-0.25, -0.2) is 0 Å². The number of para-hydroxylation sites is 1. The minimum Gasteiger partial charge on any atom is -0.478 e. The van der Waals surface area contributed by atoms with Gasteiger partial charge in [0, 0.05) is 0 Å². The molecule has 3 heteroatoms. The summed E-state index contributed by atoms with van der Waals surface area (Å²) in [5.74, 6) is 0.415. The summed E-state index contributed by atoms with van der Waals surface area (Å²) in [4.78, 5) is 10.7. The Morgan fingerprint density at radius 1 is 1.42 bits per heavy atom. The van der Waals surface area contributed by atoms with E-state index < -0.39 is 0 Å². The molecule has 12 heavy (non-hydrogen) atoms. The Balaban J connectivity index is 2.38. The molecule has 0 aromatic heterocycles.